The van der Waals surface area contributed by atoms with Crippen LogP contribution < -0.4 is 0 Å². The van der Waals surface area contributed by atoms with Gasteiger partial charge in [0.05, 0.1) is 16.4 Å². The second-order valence-corrected chi connectivity index (χ2v) is 5.40. The Morgan fingerprint density at radius 3 is 2.27 bits per heavy atom. The Morgan fingerprint density at radius 2 is 1.55 bits per heavy atom. The van der Waals surface area contributed by atoms with Crippen molar-refractivity contribution in [1.29, 1.82) is 0 Å². The van der Waals surface area contributed by atoms with Gasteiger partial charge in [-0.05, 0) is 31.5 Å². The van der Waals surface area contributed by atoms with Gasteiger partial charge in [-0.2, -0.15) is 4.98 Å². The third kappa shape index (κ3) is 2.48. The van der Waals surface area contributed by atoms with E-state index in [0.717, 1.165) is 6.07 Å². The van der Waals surface area contributed by atoms with Gasteiger partial charge in [0.2, 0.25) is 5.28 Å². The molecule has 0 N–H and O–H groups in total. The smallest absolute Gasteiger partial charge is 0.225 e. The fourth-order valence-electron chi connectivity index (χ4n) is 1.98. The summed E-state index contributed by atoms with van der Waals surface area (Å²) in [6.07, 6.45) is 0. The first-order valence-electron chi connectivity index (χ1n) is 6.20. The van der Waals surface area contributed by atoms with Crippen LogP contribution in [0.15, 0.2) is 12.1 Å². The minimum atomic E-state index is -0.856. The van der Waals surface area contributed by atoms with E-state index >= 15 is 0 Å². The summed E-state index contributed by atoms with van der Waals surface area (Å²) in [6.45, 7) is 3.53. The highest BCUT2D eigenvalue weighted by molar-refractivity contribution is 6.31. The van der Waals surface area contributed by atoms with Crippen molar-refractivity contribution < 1.29 is 8.78 Å². The Bertz CT molecular complexity index is 915. The fourth-order valence-corrected chi connectivity index (χ4v) is 2.31. The highest BCUT2D eigenvalue weighted by Crippen LogP contribution is 2.31. The summed E-state index contributed by atoms with van der Waals surface area (Å²) < 4.78 is 27.4. The van der Waals surface area contributed by atoms with Gasteiger partial charge in [0.15, 0.2) is 5.65 Å². The summed E-state index contributed by atoms with van der Waals surface area (Å²) in [5.74, 6) is -1.68. The van der Waals surface area contributed by atoms with Crippen molar-refractivity contribution in [3.05, 3.63) is 45.5 Å². The van der Waals surface area contributed by atoms with E-state index in [0.29, 0.717) is 17.5 Å². The first kappa shape index (κ1) is 15.0. The number of halogens is 4. The molecule has 2 heterocycles. The lowest BCUT2D eigenvalue weighted by atomic mass is 10.1. The first-order chi connectivity index (χ1) is 10.4. The Balaban J connectivity index is 2.40. The molecule has 1 aromatic carbocycles. The van der Waals surface area contributed by atoms with Crippen molar-refractivity contribution in [1.82, 2.24) is 19.9 Å². The molecule has 0 unspecified atom stereocenters. The van der Waals surface area contributed by atoms with Crippen LogP contribution in [0.5, 0.6) is 0 Å². The molecule has 0 bridgehead atoms. The molecular formula is C14H8Cl2F2N4. The maximum atomic E-state index is 14.1. The zero-order chi connectivity index (χ0) is 16.0. The van der Waals surface area contributed by atoms with E-state index in [2.05, 4.69) is 19.9 Å². The van der Waals surface area contributed by atoms with Crippen LogP contribution in [0.1, 0.15) is 11.4 Å². The van der Waals surface area contributed by atoms with E-state index < -0.39 is 11.6 Å². The van der Waals surface area contributed by atoms with Gasteiger partial charge in [0.1, 0.15) is 22.8 Å². The maximum absolute atomic E-state index is 14.1. The molecule has 2 aromatic heterocycles. The third-order valence-electron chi connectivity index (χ3n) is 3.18. The molecule has 0 saturated heterocycles. The number of aryl methyl sites for hydroxylation is 2. The van der Waals surface area contributed by atoms with Gasteiger partial charge < -0.3 is 0 Å². The Labute approximate surface area is 134 Å². The molecule has 0 amide bonds. The average Bonchev–Trinajstić information content (AvgIpc) is 2.44. The second kappa shape index (κ2) is 5.37. The Morgan fingerprint density at radius 1 is 0.864 bits per heavy atom. The zero-order valence-corrected chi connectivity index (χ0v) is 13.0. The van der Waals surface area contributed by atoms with E-state index in [1.165, 1.54) is 0 Å². The van der Waals surface area contributed by atoms with Crippen LogP contribution >= 0.6 is 23.2 Å². The highest BCUT2D eigenvalue weighted by atomic mass is 35.5. The molecule has 0 radical (unpaired) electrons. The van der Waals surface area contributed by atoms with Crippen molar-refractivity contribution >= 4 is 34.4 Å². The summed E-state index contributed by atoms with van der Waals surface area (Å²) in [7, 11) is 0. The van der Waals surface area contributed by atoms with Crippen molar-refractivity contribution in [3.8, 4) is 11.3 Å². The van der Waals surface area contributed by atoms with Gasteiger partial charge in [-0.3, -0.25) is 0 Å². The molecule has 0 aliphatic heterocycles. The van der Waals surface area contributed by atoms with Crippen LogP contribution in [-0.4, -0.2) is 19.9 Å². The van der Waals surface area contributed by atoms with Gasteiger partial charge in [0, 0.05) is 11.6 Å². The number of hydrogen-bond donors (Lipinski definition) is 0. The minimum Gasteiger partial charge on any atom is -0.246 e. The van der Waals surface area contributed by atoms with Gasteiger partial charge in [-0.1, -0.05) is 11.6 Å². The lowest BCUT2D eigenvalue weighted by molar-refractivity contribution is 0.585. The summed E-state index contributed by atoms with van der Waals surface area (Å²) >= 11 is 11.6. The lowest BCUT2D eigenvalue weighted by Crippen LogP contribution is -2.01. The predicted octanol–water partition coefficient (Wildman–Crippen LogP) is 4.29. The maximum Gasteiger partial charge on any atom is 0.225 e. The van der Waals surface area contributed by atoms with Gasteiger partial charge in [-0.15, -0.1) is 0 Å². The number of aromatic nitrogens is 4. The molecule has 0 fully saturated rings. The average molecular weight is 341 g/mol. The number of benzene rings is 1. The molecule has 0 spiro atoms. The molecule has 0 aliphatic rings. The van der Waals surface area contributed by atoms with Crippen LogP contribution in [0.3, 0.4) is 0 Å². The fraction of sp³-hybridized carbons (Fsp3) is 0.143. The van der Waals surface area contributed by atoms with Gasteiger partial charge >= 0.3 is 0 Å². The first-order valence-corrected chi connectivity index (χ1v) is 6.96. The standard InChI is InChI=1S/C14H8Cl2F2N4/c1-5-6(2)20-13-12(19-5)11(21-14(16)22-13)7-3-8(15)10(18)4-9(7)17/h3-4H,1-2H3. The number of rotatable bonds is 1. The monoisotopic (exact) mass is 340 g/mol. The normalized spacial score (nSPS) is 11.2. The molecule has 0 atom stereocenters. The van der Waals surface area contributed by atoms with E-state index in [1.807, 2.05) is 0 Å². The van der Waals surface area contributed by atoms with Crippen LogP contribution in [0, 0.1) is 25.5 Å². The van der Waals surface area contributed by atoms with Crippen LogP contribution in [0.4, 0.5) is 8.78 Å². The molecule has 22 heavy (non-hydrogen) atoms. The SMILES string of the molecule is Cc1nc2nc(Cl)nc(-c3cc(Cl)c(F)cc3F)c2nc1C. The molecule has 4 nitrogen and oxygen atoms in total. The second-order valence-electron chi connectivity index (χ2n) is 4.65. The molecule has 0 saturated carbocycles. The van der Waals surface area contributed by atoms with Gasteiger partial charge in [-0.25, -0.2) is 23.7 Å². The number of hydrogen-bond acceptors (Lipinski definition) is 4. The van der Waals surface area contributed by atoms with Crippen molar-refractivity contribution in [2.75, 3.05) is 0 Å². The number of fused-ring (bicyclic) bond motifs is 1. The third-order valence-corrected chi connectivity index (χ3v) is 3.64. The topological polar surface area (TPSA) is 51.6 Å². The van der Waals surface area contributed by atoms with E-state index in [9.17, 15) is 8.78 Å². The quantitative estimate of drug-likeness (QED) is 0.489. The summed E-state index contributed by atoms with van der Waals surface area (Å²) in [4.78, 5) is 16.6. The van der Waals surface area contributed by atoms with Crippen molar-refractivity contribution in [2.24, 2.45) is 0 Å². The van der Waals surface area contributed by atoms with E-state index in [4.69, 9.17) is 23.2 Å². The zero-order valence-electron chi connectivity index (χ0n) is 11.5. The summed E-state index contributed by atoms with van der Waals surface area (Å²) in [6, 6.07) is 1.83. The van der Waals surface area contributed by atoms with Gasteiger partial charge in [0.25, 0.3) is 0 Å². The van der Waals surface area contributed by atoms with Crippen LogP contribution in [0.25, 0.3) is 22.4 Å². The predicted molar refractivity (Wildman–Crippen MR) is 80.0 cm³/mol. The highest BCUT2D eigenvalue weighted by Gasteiger charge is 2.18. The molecule has 112 valence electrons. The van der Waals surface area contributed by atoms with Crippen molar-refractivity contribution in [2.45, 2.75) is 13.8 Å². The van der Waals surface area contributed by atoms with Crippen LogP contribution in [0.2, 0.25) is 10.3 Å². The largest absolute Gasteiger partial charge is 0.246 e. The summed E-state index contributed by atoms with van der Waals surface area (Å²) in [5.41, 5.74) is 1.93. The van der Waals surface area contributed by atoms with E-state index in [1.54, 1.807) is 13.8 Å². The Hall–Kier alpha value is -1.92. The molecule has 0 aliphatic carbocycles. The minimum absolute atomic E-state index is 0.0155. The van der Waals surface area contributed by atoms with Crippen LogP contribution in [-0.2, 0) is 0 Å². The number of nitrogens with zero attached hydrogens (tertiary/aromatic N) is 4. The molecule has 3 aromatic rings. The molecule has 8 heteroatoms. The molecule has 3 rings (SSSR count). The van der Waals surface area contributed by atoms with E-state index in [-0.39, 0.29) is 32.7 Å². The Kier molecular flexibility index (Phi) is 3.66. The summed E-state index contributed by atoms with van der Waals surface area (Å²) in [5, 5.41) is -0.337. The molecular weight excluding hydrogens is 333 g/mol. The lowest BCUT2D eigenvalue weighted by Gasteiger charge is -2.09. The van der Waals surface area contributed by atoms with Crippen molar-refractivity contribution in [3.63, 3.8) is 0 Å².